The second-order valence-corrected chi connectivity index (χ2v) is 3.24. The summed E-state index contributed by atoms with van der Waals surface area (Å²) in [6, 6.07) is 5.68. The van der Waals surface area contributed by atoms with Crippen molar-refractivity contribution in [1.29, 1.82) is 0 Å². The Morgan fingerprint density at radius 3 is 2.79 bits per heavy atom. The Kier molecular flexibility index (Phi) is 3.72. The normalized spacial score (nSPS) is 10.5. The molecule has 0 N–H and O–H groups in total. The maximum Gasteiger partial charge on any atom is 0.245 e. The van der Waals surface area contributed by atoms with E-state index < -0.39 is 5.24 Å². The number of methoxy groups -OCH3 is 1. The number of halogens is 1. The molecule has 0 atom stereocenters. The van der Waals surface area contributed by atoms with Crippen molar-refractivity contribution in [1.82, 2.24) is 0 Å². The maximum absolute atomic E-state index is 10.5. The molecule has 1 aromatic carbocycles. The van der Waals surface area contributed by atoms with E-state index in [1.54, 1.807) is 13.2 Å². The van der Waals surface area contributed by atoms with Crippen LogP contribution in [0.3, 0.4) is 0 Å². The summed E-state index contributed by atoms with van der Waals surface area (Å²) in [6.45, 7) is 1.96. The molecule has 0 fully saturated rings. The number of allylic oxidation sites excluding steroid dienone is 1. The molecule has 0 aromatic heterocycles. The minimum absolute atomic E-state index is 0.482. The average Bonchev–Trinajstić information content (AvgIpc) is 2.16. The van der Waals surface area contributed by atoms with Crippen LogP contribution >= 0.6 is 11.6 Å². The summed E-state index contributed by atoms with van der Waals surface area (Å²) in [5.74, 6) is 0.800. The third-order valence-corrected chi connectivity index (χ3v) is 1.96. The molecule has 2 nitrogen and oxygen atoms in total. The van der Waals surface area contributed by atoms with Crippen LogP contribution in [-0.2, 0) is 4.79 Å². The Labute approximate surface area is 88.1 Å². The van der Waals surface area contributed by atoms with E-state index in [1.165, 1.54) is 6.08 Å². The number of aryl methyl sites for hydroxylation is 1. The standard InChI is InChI=1S/C11H11ClO2/c1-8-3-4-9(5-6-11(12)13)7-10(8)14-2/h3-7H,1-2H3. The van der Waals surface area contributed by atoms with Crippen molar-refractivity contribution in [3.8, 4) is 5.75 Å². The first-order chi connectivity index (χ1) is 6.63. The van der Waals surface area contributed by atoms with Crippen molar-refractivity contribution in [2.24, 2.45) is 0 Å². The van der Waals surface area contributed by atoms with Crippen LogP contribution in [0.4, 0.5) is 0 Å². The van der Waals surface area contributed by atoms with Crippen molar-refractivity contribution in [2.45, 2.75) is 6.92 Å². The highest BCUT2D eigenvalue weighted by Crippen LogP contribution is 2.19. The Bertz CT molecular complexity index is 370. The van der Waals surface area contributed by atoms with Crippen LogP contribution in [0.5, 0.6) is 5.75 Å². The predicted octanol–water partition coefficient (Wildman–Crippen LogP) is 2.78. The third kappa shape index (κ3) is 2.89. The molecule has 0 spiro atoms. The number of hydrogen-bond acceptors (Lipinski definition) is 2. The van der Waals surface area contributed by atoms with Crippen molar-refractivity contribution in [2.75, 3.05) is 7.11 Å². The highest BCUT2D eigenvalue weighted by molar-refractivity contribution is 6.66. The van der Waals surface area contributed by atoms with Gasteiger partial charge in [0.05, 0.1) is 7.11 Å². The summed E-state index contributed by atoms with van der Waals surface area (Å²) >= 11 is 5.18. The van der Waals surface area contributed by atoms with Gasteiger partial charge >= 0.3 is 0 Å². The Morgan fingerprint density at radius 2 is 2.21 bits per heavy atom. The zero-order valence-electron chi connectivity index (χ0n) is 8.08. The van der Waals surface area contributed by atoms with Gasteiger partial charge in [-0.15, -0.1) is 0 Å². The van der Waals surface area contributed by atoms with Gasteiger partial charge in [-0.3, -0.25) is 4.79 Å². The summed E-state index contributed by atoms with van der Waals surface area (Å²) in [7, 11) is 1.61. The molecule has 0 radical (unpaired) electrons. The topological polar surface area (TPSA) is 26.3 Å². The zero-order chi connectivity index (χ0) is 10.6. The number of carbonyl (C=O) groups is 1. The minimum Gasteiger partial charge on any atom is -0.496 e. The quantitative estimate of drug-likeness (QED) is 0.567. The van der Waals surface area contributed by atoms with Crippen LogP contribution in [0.2, 0.25) is 0 Å². The minimum atomic E-state index is -0.482. The fraction of sp³-hybridized carbons (Fsp3) is 0.182. The Balaban J connectivity index is 2.95. The molecule has 0 aliphatic rings. The molecule has 3 heteroatoms. The second-order valence-electron chi connectivity index (χ2n) is 2.87. The molecule has 74 valence electrons. The molecule has 0 aliphatic heterocycles. The van der Waals surface area contributed by atoms with E-state index in [0.717, 1.165) is 16.9 Å². The average molecular weight is 211 g/mol. The van der Waals surface area contributed by atoms with Gasteiger partial charge in [0.2, 0.25) is 5.24 Å². The summed E-state index contributed by atoms with van der Waals surface area (Å²) < 4.78 is 5.14. The van der Waals surface area contributed by atoms with Crippen LogP contribution < -0.4 is 4.74 Å². The molecule has 1 rings (SSSR count). The van der Waals surface area contributed by atoms with Crippen LogP contribution in [0, 0.1) is 6.92 Å². The van der Waals surface area contributed by atoms with Crippen molar-refractivity contribution in [3.05, 3.63) is 35.4 Å². The number of carbonyl (C=O) groups excluding carboxylic acids is 1. The van der Waals surface area contributed by atoms with Gasteiger partial charge in [0.25, 0.3) is 0 Å². The first-order valence-corrected chi connectivity index (χ1v) is 4.53. The third-order valence-electron chi connectivity index (χ3n) is 1.84. The molecule has 0 aliphatic carbocycles. The van der Waals surface area contributed by atoms with E-state index >= 15 is 0 Å². The Morgan fingerprint density at radius 1 is 1.50 bits per heavy atom. The molecule has 0 unspecified atom stereocenters. The lowest BCUT2D eigenvalue weighted by Gasteiger charge is -2.04. The van der Waals surface area contributed by atoms with E-state index in [0.29, 0.717) is 0 Å². The zero-order valence-corrected chi connectivity index (χ0v) is 8.84. The van der Waals surface area contributed by atoms with Crippen molar-refractivity contribution >= 4 is 22.9 Å². The molecular weight excluding hydrogens is 200 g/mol. The fourth-order valence-corrected chi connectivity index (χ4v) is 1.16. The molecule has 0 bridgehead atoms. The lowest BCUT2D eigenvalue weighted by Crippen LogP contribution is -1.87. The summed E-state index contributed by atoms with van der Waals surface area (Å²) in [6.07, 6.45) is 2.96. The second kappa shape index (κ2) is 4.82. The number of hydrogen-bond donors (Lipinski definition) is 0. The van der Waals surface area contributed by atoms with Gasteiger partial charge in [0.1, 0.15) is 5.75 Å². The van der Waals surface area contributed by atoms with Gasteiger partial charge in [-0.25, -0.2) is 0 Å². The van der Waals surface area contributed by atoms with Crippen molar-refractivity contribution < 1.29 is 9.53 Å². The van der Waals surface area contributed by atoms with Crippen LogP contribution in [0.15, 0.2) is 24.3 Å². The molecule has 1 aromatic rings. The molecule has 0 saturated carbocycles. The van der Waals surface area contributed by atoms with E-state index in [9.17, 15) is 4.79 Å². The molecule has 0 amide bonds. The van der Waals surface area contributed by atoms with E-state index in [-0.39, 0.29) is 0 Å². The summed E-state index contributed by atoms with van der Waals surface area (Å²) in [5.41, 5.74) is 1.95. The number of ether oxygens (including phenoxy) is 1. The molecule has 0 heterocycles. The number of benzene rings is 1. The predicted molar refractivity (Wildman–Crippen MR) is 57.6 cm³/mol. The largest absolute Gasteiger partial charge is 0.496 e. The smallest absolute Gasteiger partial charge is 0.245 e. The summed E-state index contributed by atoms with van der Waals surface area (Å²) in [4.78, 5) is 10.5. The highest BCUT2D eigenvalue weighted by Gasteiger charge is 1.97. The van der Waals surface area contributed by atoms with E-state index in [4.69, 9.17) is 16.3 Å². The molecule has 0 saturated heterocycles. The fourth-order valence-electron chi connectivity index (χ4n) is 1.10. The van der Waals surface area contributed by atoms with Gasteiger partial charge in [-0.1, -0.05) is 18.2 Å². The Hall–Kier alpha value is -1.28. The first kappa shape index (κ1) is 10.8. The lowest BCUT2D eigenvalue weighted by molar-refractivity contribution is -0.107. The lowest BCUT2D eigenvalue weighted by atomic mass is 10.1. The SMILES string of the molecule is COc1cc(C=CC(=O)Cl)ccc1C. The van der Waals surface area contributed by atoms with Crippen LogP contribution in [0.1, 0.15) is 11.1 Å². The highest BCUT2D eigenvalue weighted by atomic mass is 35.5. The van der Waals surface area contributed by atoms with Gasteiger partial charge < -0.3 is 4.74 Å². The first-order valence-electron chi connectivity index (χ1n) is 4.15. The maximum atomic E-state index is 10.5. The van der Waals surface area contributed by atoms with Crippen molar-refractivity contribution in [3.63, 3.8) is 0 Å². The number of rotatable bonds is 3. The van der Waals surface area contributed by atoms with Crippen LogP contribution in [-0.4, -0.2) is 12.4 Å². The van der Waals surface area contributed by atoms with Crippen LogP contribution in [0.25, 0.3) is 6.08 Å². The molecular formula is C11H11ClO2. The van der Waals surface area contributed by atoms with Gasteiger partial charge in [0.15, 0.2) is 0 Å². The van der Waals surface area contributed by atoms with E-state index in [2.05, 4.69) is 0 Å². The van der Waals surface area contributed by atoms with Gasteiger partial charge in [-0.2, -0.15) is 0 Å². The molecule has 14 heavy (non-hydrogen) atoms. The van der Waals surface area contributed by atoms with E-state index in [1.807, 2.05) is 25.1 Å². The van der Waals surface area contributed by atoms with Gasteiger partial charge in [-0.05, 0) is 41.8 Å². The van der Waals surface area contributed by atoms with Gasteiger partial charge in [0, 0.05) is 0 Å². The summed E-state index contributed by atoms with van der Waals surface area (Å²) in [5, 5.41) is -0.482. The monoisotopic (exact) mass is 210 g/mol.